The lowest BCUT2D eigenvalue weighted by Gasteiger charge is -2.17. The standard InChI is InChI=1S/C14H20O3/c1-5-10-7-8-13(16-3)12(9-10)11(6-2)14(15)17-4/h7-9,11H,5-6H2,1-4H3. The Balaban J connectivity index is 3.19. The van der Waals surface area contributed by atoms with Crippen molar-refractivity contribution < 1.29 is 14.3 Å². The molecule has 1 rings (SSSR count). The second kappa shape index (κ2) is 6.28. The van der Waals surface area contributed by atoms with E-state index >= 15 is 0 Å². The van der Waals surface area contributed by atoms with Gasteiger partial charge in [0.25, 0.3) is 0 Å². The Labute approximate surface area is 103 Å². The van der Waals surface area contributed by atoms with E-state index in [0.717, 1.165) is 17.7 Å². The molecule has 0 saturated heterocycles. The number of methoxy groups -OCH3 is 2. The molecule has 0 aliphatic rings. The number of benzene rings is 1. The first-order chi connectivity index (χ1) is 8.17. The molecule has 0 saturated carbocycles. The summed E-state index contributed by atoms with van der Waals surface area (Å²) in [5.41, 5.74) is 2.12. The minimum absolute atomic E-state index is 0.209. The van der Waals surface area contributed by atoms with Gasteiger partial charge in [0.15, 0.2) is 0 Å². The molecule has 0 fully saturated rings. The Bertz CT molecular complexity index is 385. The van der Waals surface area contributed by atoms with Crippen LogP contribution in [0.1, 0.15) is 37.3 Å². The second-order valence-electron chi connectivity index (χ2n) is 3.91. The van der Waals surface area contributed by atoms with Crippen LogP contribution < -0.4 is 4.74 Å². The molecule has 0 aliphatic carbocycles. The maximum atomic E-state index is 11.7. The molecule has 1 unspecified atom stereocenters. The summed E-state index contributed by atoms with van der Waals surface area (Å²) in [7, 11) is 3.04. The van der Waals surface area contributed by atoms with E-state index in [1.54, 1.807) is 7.11 Å². The lowest BCUT2D eigenvalue weighted by atomic mass is 9.93. The average Bonchev–Trinajstić information content (AvgIpc) is 2.39. The van der Waals surface area contributed by atoms with E-state index in [0.29, 0.717) is 6.42 Å². The van der Waals surface area contributed by atoms with Gasteiger partial charge in [0.2, 0.25) is 0 Å². The molecule has 0 radical (unpaired) electrons. The maximum absolute atomic E-state index is 11.7. The van der Waals surface area contributed by atoms with E-state index in [1.165, 1.54) is 12.7 Å². The highest BCUT2D eigenvalue weighted by molar-refractivity contribution is 5.79. The molecule has 1 aromatic rings. The van der Waals surface area contributed by atoms with Crippen LogP contribution in [-0.4, -0.2) is 20.2 Å². The third-order valence-corrected chi connectivity index (χ3v) is 2.97. The Morgan fingerprint density at radius 1 is 1.29 bits per heavy atom. The molecule has 94 valence electrons. The number of hydrogen-bond acceptors (Lipinski definition) is 3. The van der Waals surface area contributed by atoms with Gasteiger partial charge in [-0.15, -0.1) is 0 Å². The number of hydrogen-bond donors (Lipinski definition) is 0. The van der Waals surface area contributed by atoms with Gasteiger partial charge in [-0.1, -0.05) is 26.0 Å². The minimum Gasteiger partial charge on any atom is -0.496 e. The molecular formula is C14H20O3. The SMILES string of the molecule is CCc1ccc(OC)c(C(CC)C(=O)OC)c1. The summed E-state index contributed by atoms with van der Waals surface area (Å²) in [6.07, 6.45) is 1.64. The highest BCUT2D eigenvalue weighted by atomic mass is 16.5. The number of carbonyl (C=O) groups excluding carboxylic acids is 1. The first kappa shape index (κ1) is 13.6. The van der Waals surface area contributed by atoms with Crippen molar-refractivity contribution in [2.45, 2.75) is 32.6 Å². The lowest BCUT2D eigenvalue weighted by Crippen LogP contribution is -2.14. The quantitative estimate of drug-likeness (QED) is 0.737. The van der Waals surface area contributed by atoms with Gasteiger partial charge in [0.05, 0.1) is 20.1 Å². The summed E-state index contributed by atoms with van der Waals surface area (Å²) < 4.78 is 10.2. The molecule has 0 N–H and O–H groups in total. The van der Waals surface area contributed by atoms with Crippen molar-refractivity contribution >= 4 is 5.97 Å². The average molecular weight is 236 g/mol. The summed E-state index contributed by atoms with van der Waals surface area (Å²) in [6, 6.07) is 5.97. The molecule has 0 aromatic heterocycles. The van der Waals surface area contributed by atoms with Crippen LogP contribution >= 0.6 is 0 Å². The monoisotopic (exact) mass is 236 g/mol. The predicted molar refractivity (Wildman–Crippen MR) is 67.4 cm³/mol. The van der Waals surface area contributed by atoms with E-state index in [-0.39, 0.29) is 11.9 Å². The second-order valence-corrected chi connectivity index (χ2v) is 3.91. The van der Waals surface area contributed by atoms with E-state index < -0.39 is 0 Å². The number of rotatable bonds is 5. The number of aryl methyl sites for hydroxylation is 1. The molecule has 3 nitrogen and oxygen atoms in total. The summed E-state index contributed by atoms with van der Waals surface area (Å²) in [4.78, 5) is 11.7. The molecule has 0 bridgehead atoms. The van der Waals surface area contributed by atoms with Gasteiger partial charge < -0.3 is 9.47 Å². The van der Waals surface area contributed by atoms with Crippen molar-refractivity contribution in [3.8, 4) is 5.75 Å². The predicted octanol–water partition coefficient (Wildman–Crippen LogP) is 2.92. The first-order valence-electron chi connectivity index (χ1n) is 5.92. The maximum Gasteiger partial charge on any atom is 0.313 e. The van der Waals surface area contributed by atoms with Crippen LogP contribution in [0.5, 0.6) is 5.75 Å². The van der Waals surface area contributed by atoms with Crippen LogP contribution in [-0.2, 0) is 16.0 Å². The number of carbonyl (C=O) groups is 1. The normalized spacial score (nSPS) is 12.0. The Morgan fingerprint density at radius 3 is 2.47 bits per heavy atom. The van der Waals surface area contributed by atoms with E-state index in [9.17, 15) is 4.79 Å². The van der Waals surface area contributed by atoms with E-state index in [1.807, 2.05) is 25.1 Å². The van der Waals surface area contributed by atoms with Crippen molar-refractivity contribution in [2.75, 3.05) is 14.2 Å². The zero-order chi connectivity index (χ0) is 12.8. The highest BCUT2D eigenvalue weighted by Crippen LogP contribution is 2.31. The molecule has 0 amide bonds. The van der Waals surface area contributed by atoms with E-state index in [4.69, 9.17) is 9.47 Å². The summed E-state index contributed by atoms with van der Waals surface area (Å²) in [5.74, 6) is 0.292. The van der Waals surface area contributed by atoms with Gasteiger partial charge in [0.1, 0.15) is 5.75 Å². The van der Waals surface area contributed by atoms with Crippen molar-refractivity contribution in [1.29, 1.82) is 0 Å². The van der Waals surface area contributed by atoms with Crippen LogP contribution in [0.15, 0.2) is 18.2 Å². The van der Waals surface area contributed by atoms with Crippen LogP contribution in [0.2, 0.25) is 0 Å². The van der Waals surface area contributed by atoms with Crippen molar-refractivity contribution in [3.63, 3.8) is 0 Å². The summed E-state index contributed by atoms with van der Waals surface area (Å²) in [6.45, 7) is 4.06. The van der Waals surface area contributed by atoms with Gasteiger partial charge in [-0.2, -0.15) is 0 Å². The number of esters is 1. The van der Waals surface area contributed by atoms with Crippen molar-refractivity contribution in [3.05, 3.63) is 29.3 Å². The Hall–Kier alpha value is -1.51. The van der Waals surface area contributed by atoms with Gasteiger partial charge in [0, 0.05) is 5.56 Å². The van der Waals surface area contributed by atoms with Crippen LogP contribution in [0.25, 0.3) is 0 Å². The highest BCUT2D eigenvalue weighted by Gasteiger charge is 2.23. The zero-order valence-electron chi connectivity index (χ0n) is 10.9. The molecule has 3 heteroatoms. The molecule has 0 heterocycles. The van der Waals surface area contributed by atoms with Gasteiger partial charge >= 0.3 is 5.97 Å². The van der Waals surface area contributed by atoms with E-state index in [2.05, 4.69) is 6.92 Å². The number of ether oxygens (including phenoxy) is 2. The van der Waals surface area contributed by atoms with Crippen molar-refractivity contribution in [2.24, 2.45) is 0 Å². The Kier molecular flexibility index (Phi) is 5.01. The molecule has 1 atom stereocenters. The van der Waals surface area contributed by atoms with Gasteiger partial charge in [-0.05, 0) is 24.5 Å². The summed E-state index contributed by atoms with van der Waals surface area (Å²) in [5, 5.41) is 0. The van der Waals surface area contributed by atoms with Crippen molar-refractivity contribution in [1.82, 2.24) is 0 Å². The van der Waals surface area contributed by atoms with Crippen LogP contribution in [0.3, 0.4) is 0 Å². The summed E-state index contributed by atoms with van der Waals surface area (Å²) >= 11 is 0. The van der Waals surface area contributed by atoms with Gasteiger partial charge in [-0.25, -0.2) is 0 Å². The lowest BCUT2D eigenvalue weighted by molar-refractivity contribution is -0.142. The fraction of sp³-hybridized carbons (Fsp3) is 0.500. The fourth-order valence-corrected chi connectivity index (χ4v) is 1.93. The largest absolute Gasteiger partial charge is 0.496 e. The topological polar surface area (TPSA) is 35.5 Å². The Morgan fingerprint density at radius 2 is 2.00 bits per heavy atom. The molecule has 17 heavy (non-hydrogen) atoms. The molecule has 0 spiro atoms. The molecule has 0 aliphatic heterocycles. The molecule has 1 aromatic carbocycles. The zero-order valence-corrected chi connectivity index (χ0v) is 10.9. The van der Waals surface area contributed by atoms with Gasteiger partial charge in [-0.3, -0.25) is 4.79 Å². The molecular weight excluding hydrogens is 216 g/mol. The first-order valence-corrected chi connectivity index (χ1v) is 5.92. The van der Waals surface area contributed by atoms with Crippen LogP contribution in [0, 0.1) is 0 Å². The third-order valence-electron chi connectivity index (χ3n) is 2.97. The fourth-order valence-electron chi connectivity index (χ4n) is 1.93. The van der Waals surface area contributed by atoms with Crippen LogP contribution in [0.4, 0.5) is 0 Å². The smallest absolute Gasteiger partial charge is 0.313 e. The third kappa shape index (κ3) is 2.99. The minimum atomic E-state index is -0.249.